The largest absolute Gasteiger partial charge is 0.444 e. The van der Waals surface area contributed by atoms with Gasteiger partial charge in [-0.1, -0.05) is 29.8 Å². The number of nitrogens with one attached hydrogen (secondary N) is 1. The van der Waals surface area contributed by atoms with Gasteiger partial charge < -0.3 is 19.7 Å². The number of carbonyl (C=O) groups excluding carboxylic acids is 2. The summed E-state index contributed by atoms with van der Waals surface area (Å²) >= 11 is 6.47. The van der Waals surface area contributed by atoms with Crippen LogP contribution in [0.3, 0.4) is 0 Å². The highest BCUT2D eigenvalue weighted by molar-refractivity contribution is 6.33. The summed E-state index contributed by atoms with van der Waals surface area (Å²) in [6.07, 6.45) is 1.98. The van der Waals surface area contributed by atoms with Gasteiger partial charge in [0.15, 0.2) is 6.29 Å². The van der Waals surface area contributed by atoms with Gasteiger partial charge in [0.2, 0.25) is 0 Å². The van der Waals surface area contributed by atoms with Crippen LogP contribution in [0, 0.1) is 0 Å². The van der Waals surface area contributed by atoms with Crippen LogP contribution in [0.25, 0.3) is 11.1 Å². The Bertz CT molecular complexity index is 938. The topological polar surface area (TPSA) is 85.7 Å². The minimum Gasteiger partial charge on any atom is -0.444 e. The monoisotopic (exact) mass is 448 g/mol. The van der Waals surface area contributed by atoms with E-state index in [2.05, 4.69) is 15.3 Å². The maximum atomic E-state index is 12.3. The summed E-state index contributed by atoms with van der Waals surface area (Å²) < 4.78 is 12.4. The number of alkyl carbamates (subject to hydrolysis) is 1. The van der Waals surface area contributed by atoms with Gasteiger partial charge in [-0.15, -0.1) is 0 Å². The quantitative estimate of drug-likeness (QED) is 0.669. The summed E-state index contributed by atoms with van der Waals surface area (Å²) in [4.78, 5) is 26.2. The highest BCUT2D eigenvalue weighted by Gasteiger charge is 2.30. The Kier molecular flexibility index (Phi) is 7.23. The van der Waals surface area contributed by atoms with Crippen LogP contribution in [-0.4, -0.2) is 54.0 Å². The first-order chi connectivity index (χ1) is 14.7. The van der Waals surface area contributed by atoms with Crippen molar-refractivity contribution in [3.63, 3.8) is 0 Å². The number of carbonyl (C=O) groups is 2. The van der Waals surface area contributed by atoms with Gasteiger partial charge in [-0.2, -0.15) is 5.10 Å². The SMILES string of the molecule is COCn1nc(C=O)c(-c2ccccc2Cl)c1N1CCC[C@@H](NC(=O)OC(C)(C)C)C1. The number of ether oxygens (including phenoxy) is 2. The summed E-state index contributed by atoms with van der Waals surface area (Å²) in [7, 11) is 1.57. The van der Waals surface area contributed by atoms with E-state index in [4.69, 9.17) is 21.1 Å². The predicted octanol–water partition coefficient (Wildman–Crippen LogP) is 4.11. The Morgan fingerprint density at radius 3 is 2.74 bits per heavy atom. The number of amides is 1. The van der Waals surface area contributed by atoms with Gasteiger partial charge in [0.1, 0.15) is 23.8 Å². The normalized spacial score (nSPS) is 16.8. The van der Waals surface area contributed by atoms with E-state index in [1.54, 1.807) is 17.9 Å². The molecule has 0 unspecified atom stereocenters. The molecule has 1 saturated heterocycles. The molecule has 3 rings (SSSR count). The number of anilines is 1. The molecule has 8 nitrogen and oxygen atoms in total. The number of piperidine rings is 1. The molecular formula is C22H29ClN4O4. The number of hydrogen-bond donors (Lipinski definition) is 1. The van der Waals surface area contributed by atoms with E-state index in [0.717, 1.165) is 37.1 Å². The maximum Gasteiger partial charge on any atom is 0.407 e. The molecule has 0 aliphatic carbocycles. The van der Waals surface area contributed by atoms with Crippen molar-refractivity contribution in [1.29, 1.82) is 0 Å². The lowest BCUT2D eigenvalue weighted by Crippen LogP contribution is -2.49. The molecule has 1 aromatic carbocycles. The summed E-state index contributed by atoms with van der Waals surface area (Å²) in [6, 6.07) is 7.26. The third kappa shape index (κ3) is 5.57. The molecule has 1 amide bonds. The molecule has 1 fully saturated rings. The van der Waals surface area contributed by atoms with Crippen molar-refractivity contribution in [1.82, 2.24) is 15.1 Å². The zero-order valence-corrected chi connectivity index (χ0v) is 19.1. The summed E-state index contributed by atoms with van der Waals surface area (Å²) in [5.41, 5.74) is 1.12. The third-order valence-corrected chi connectivity index (χ3v) is 5.23. The average Bonchev–Trinajstić information content (AvgIpc) is 3.05. The summed E-state index contributed by atoms with van der Waals surface area (Å²) in [5, 5.41) is 7.95. The predicted molar refractivity (Wildman–Crippen MR) is 120 cm³/mol. The molecule has 2 aromatic rings. The lowest BCUT2D eigenvalue weighted by molar-refractivity contribution is 0.0499. The Labute approximate surface area is 187 Å². The van der Waals surface area contributed by atoms with Gasteiger partial charge in [-0.05, 0) is 39.7 Å². The zero-order valence-electron chi connectivity index (χ0n) is 18.4. The highest BCUT2D eigenvalue weighted by Crippen LogP contribution is 2.38. The molecule has 0 radical (unpaired) electrons. The Hall–Kier alpha value is -2.58. The van der Waals surface area contributed by atoms with Crippen molar-refractivity contribution in [3.8, 4) is 11.1 Å². The van der Waals surface area contributed by atoms with Crippen LogP contribution in [0.15, 0.2) is 24.3 Å². The number of nitrogens with zero attached hydrogens (tertiary/aromatic N) is 3. The second-order valence-electron chi connectivity index (χ2n) is 8.53. The molecule has 2 heterocycles. The first kappa shape index (κ1) is 23.1. The first-order valence-corrected chi connectivity index (χ1v) is 10.7. The highest BCUT2D eigenvalue weighted by atomic mass is 35.5. The molecule has 0 saturated carbocycles. The van der Waals surface area contributed by atoms with Crippen molar-refractivity contribution in [2.45, 2.75) is 52.0 Å². The van der Waals surface area contributed by atoms with Gasteiger partial charge in [0.25, 0.3) is 0 Å². The molecule has 1 atom stereocenters. The van der Waals surface area contributed by atoms with Crippen molar-refractivity contribution in [2.24, 2.45) is 0 Å². The number of aromatic nitrogens is 2. The van der Waals surface area contributed by atoms with E-state index in [9.17, 15) is 9.59 Å². The fourth-order valence-corrected chi connectivity index (χ4v) is 4.00. The van der Waals surface area contributed by atoms with Crippen LogP contribution in [-0.2, 0) is 16.2 Å². The fourth-order valence-electron chi connectivity index (χ4n) is 3.77. The van der Waals surface area contributed by atoms with Crippen LogP contribution >= 0.6 is 11.6 Å². The van der Waals surface area contributed by atoms with Gasteiger partial charge in [-0.25, -0.2) is 9.48 Å². The number of rotatable bonds is 6. The molecule has 0 spiro atoms. The molecule has 168 valence electrons. The van der Waals surface area contributed by atoms with E-state index >= 15 is 0 Å². The molecule has 0 bridgehead atoms. The molecule has 1 N–H and O–H groups in total. The number of aldehydes is 1. The van der Waals surface area contributed by atoms with Crippen molar-refractivity contribution in [2.75, 3.05) is 25.1 Å². The molecule has 1 aliphatic rings. The minimum absolute atomic E-state index is 0.103. The molecule has 31 heavy (non-hydrogen) atoms. The van der Waals surface area contributed by atoms with Gasteiger partial charge in [0, 0.05) is 36.8 Å². The minimum atomic E-state index is -0.564. The van der Waals surface area contributed by atoms with E-state index < -0.39 is 11.7 Å². The van der Waals surface area contributed by atoms with Crippen LogP contribution < -0.4 is 10.2 Å². The van der Waals surface area contributed by atoms with Crippen LogP contribution in [0.4, 0.5) is 10.6 Å². The zero-order chi connectivity index (χ0) is 22.6. The van der Waals surface area contributed by atoms with E-state index in [1.807, 2.05) is 39.0 Å². The molecule has 1 aliphatic heterocycles. The van der Waals surface area contributed by atoms with E-state index in [-0.39, 0.29) is 12.8 Å². The van der Waals surface area contributed by atoms with Crippen molar-refractivity contribution >= 4 is 29.8 Å². The Balaban J connectivity index is 1.95. The maximum absolute atomic E-state index is 12.3. The second-order valence-corrected chi connectivity index (χ2v) is 8.94. The van der Waals surface area contributed by atoms with Crippen LogP contribution in [0.5, 0.6) is 0 Å². The Morgan fingerprint density at radius 1 is 1.35 bits per heavy atom. The van der Waals surface area contributed by atoms with E-state index in [1.165, 1.54) is 0 Å². The van der Waals surface area contributed by atoms with Gasteiger partial charge in [-0.3, -0.25) is 4.79 Å². The number of methoxy groups -OCH3 is 1. The number of hydrogen-bond acceptors (Lipinski definition) is 6. The van der Waals surface area contributed by atoms with Gasteiger partial charge >= 0.3 is 6.09 Å². The lowest BCUT2D eigenvalue weighted by Gasteiger charge is -2.35. The van der Waals surface area contributed by atoms with Crippen molar-refractivity contribution < 1.29 is 19.1 Å². The standard InChI is InChI=1S/C22H29ClN4O4/c1-22(2,3)31-21(29)24-15-8-7-11-26(12-15)20-19(16-9-5-6-10-17(16)23)18(13-28)25-27(20)14-30-4/h5-6,9-10,13,15H,7-8,11-12,14H2,1-4H3,(H,24,29)/t15-/m1/s1. The first-order valence-electron chi connectivity index (χ1n) is 10.3. The van der Waals surface area contributed by atoms with Crippen LogP contribution in [0.1, 0.15) is 44.1 Å². The van der Waals surface area contributed by atoms with Crippen LogP contribution in [0.2, 0.25) is 5.02 Å². The molecule has 9 heteroatoms. The summed E-state index contributed by atoms with van der Waals surface area (Å²) in [5.74, 6) is 0.743. The smallest absolute Gasteiger partial charge is 0.407 e. The van der Waals surface area contributed by atoms with Gasteiger partial charge in [0.05, 0.1) is 5.56 Å². The Morgan fingerprint density at radius 2 is 2.10 bits per heavy atom. The third-order valence-electron chi connectivity index (χ3n) is 4.90. The lowest BCUT2D eigenvalue weighted by atomic mass is 10.0. The van der Waals surface area contributed by atoms with E-state index in [0.29, 0.717) is 22.8 Å². The molecular weight excluding hydrogens is 420 g/mol. The fraction of sp³-hybridized carbons (Fsp3) is 0.500. The number of halogens is 1. The number of benzene rings is 1. The second kappa shape index (κ2) is 9.70. The average molecular weight is 449 g/mol. The molecule has 1 aromatic heterocycles. The summed E-state index contributed by atoms with van der Waals surface area (Å²) in [6.45, 7) is 6.98. The van der Waals surface area contributed by atoms with Crippen molar-refractivity contribution in [3.05, 3.63) is 35.0 Å².